The molecule has 1 saturated carbocycles. The molecule has 0 radical (unpaired) electrons. The second kappa shape index (κ2) is 6.84. The van der Waals surface area contributed by atoms with Gasteiger partial charge in [-0.1, -0.05) is 43.0 Å². The number of anilines is 1. The highest BCUT2D eigenvalue weighted by Gasteiger charge is 2.55. The Bertz CT molecular complexity index is 740. The molecule has 6 nitrogen and oxygen atoms in total. The normalized spacial score (nSPS) is 26.0. The van der Waals surface area contributed by atoms with Crippen molar-refractivity contribution in [2.75, 3.05) is 11.9 Å². The number of nitrogens with one attached hydrogen (secondary N) is 2. The standard InChI is InChI=1S/C17H19Cl2N3O3/c1-10-4-2-3-7-17(10)15(24)22(16(25)21-17)9-14(23)20-13-8-11(18)5-6-12(13)19/h5-6,8,10H,2-4,7,9H2,1H3,(H,20,23)(H,21,25)/t10-,17+/m0/s1. The minimum absolute atomic E-state index is 0.0492. The minimum atomic E-state index is -0.872. The summed E-state index contributed by atoms with van der Waals surface area (Å²) in [6, 6.07) is 4.15. The lowest BCUT2D eigenvalue weighted by atomic mass is 9.73. The van der Waals surface area contributed by atoms with Gasteiger partial charge in [0, 0.05) is 5.02 Å². The zero-order valence-corrected chi connectivity index (χ0v) is 15.3. The van der Waals surface area contributed by atoms with Crippen molar-refractivity contribution in [2.24, 2.45) is 5.92 Å². The monoisotopic (exact) mass is 383 g/mol. The molecule has 1 saturated heterocycles. The summed E-state index contributed by atoms with van der Waals surface area (Å²) in [6.07, 6.45) is 3.41. The second-order valence-corrected chi connectivity index (χ2v) is 7.46. The Kier molecular flexibility index (Phi) is 4.93. The van der Waals surface area contributed by atoms with Gasteiger partial charge in [0.25, 0.3) is 5.91 Å². The van der Waals surface area contributed by atoms with Crippen LogP contribution in [0.1, 0.15) is 32.6 Å². The highest BCUT2D eigenvalue weighted by Crippen LogP contribution is 2.38. The van der Waals surface area contributed by atoms with Gasteiger partial charge in [-0.2, -0.15) is 0 Å². The van der Waals surface area contributed by atoms with Gasteiger partial charge >= 0.3 is 6.03 Å². The van der Waals surface area contributed by atoms with E-state index in [0.717, 1.165) is 24.2 Å². The Morgan fingerprint density at radius 2 is 2.12 bits per heavy atom. The first kappa shape index (κ1) is 18.0. The van der Waals surface area contributed by atoms with Crippen LogP contribution in [0.15, 0.2) is 18.2 Å². The van der Waals surface area contributed by atoms with E-state index < -0.39 is 17.5 Å². The van der Waals surface area contributed by atoms with Crippen LogP contribution in [0.4, 0.5) is 10.5 Å². The number of halogens is 2. The summed E-state index contributed by atoms with van der Waals surface area (Å²) in [5.41, 5.74) is -0.532. The van der Waals surface area contributed by atoms with Gasteiger partial charge in [0.1, 0.15) is 12.1 Å². The van der Waals surface area contributed by atoms with Crippen molar-refractivity contribution in [1.29, 1.82) is 0 Å². The average Bonchev–Trinajstić information content (AvgIpc) is 2.79. The molecule has 1 aromatic rings. The van der Waals surface area contributed by atoms with Crippen LogP contribution in [0.2, 0.25) is 10.0 Å². The van der Waals surface area contributed by atoms with Crippen LogP contribution in [0.5, 0.6) is 0 Å². The van der Waals surface area contributed by atoms with E-state index in [9.17, 15) is 14.4 Å². The van der Waals surface area contributed by atoms with E-state index in [-0.39, 0.29) is 18.4 Å². The number of amides is 4. The molecule has 8 heteroatoms. The van der Waals surface area contributed by atoms with Gasteiger partial charge in [0.05, 0.1) is 10.7 Å². The highest BCUT2D eigenvalue weighted by molar-refractivity contribution is 6.35. The van der Waals surface area contributed by atoms with E-state index >= 15 is 0 Å². The molecule has 25 heavy (non-hydrogen) atoms. The van der Waals surface area contributed by atoms with Gasteiger partial charge in [-0.15, -0.1) is 0 Å². The predicted molar refractivity (Wildman–Crippen MR) is 95.7 cm³/mol. The molecule has 1 spiro atoms. The fourth-order valence-corrected chi connectivity index (χ4v) is 3.90. The van der Waals surface area contributed by atoms with Crippen LogP contribution in [0.25, 0.3) is 0 Å². The Morgan fingerprint density at radius 3 is 2.84 bits per heavy atom. The SMILES string of the molecule is C[C@H]1CCCC[C@@]12NC(=O)N(CC(=O)Nc1cc(Cl)ccc1Cl)C2=O. The molecular weight excluding hydrogens is 365 g/mol. The molecule has 1 aliphatic carbocycles. The van der Waals surface area contributed by atoms with Crippen LogP contribution < -0.4 is 10.6 Å². The van der Waals surface area contributed by atoms with Gasteiger partial charge in [-0.3, -0.25) is 14.5 Å². The van der Waals surface area contributed by atoms with Crippen molar-refractivity contribution >= 4 is 46.7 Å². The molecular formula is C17H19Cl2N3O3. The Labute approximate surface area is 155 Å². The summed E-state index contributed by atoms with van der Waals surface area (Å²) in [4.78, 5) is 38.4. The quantitative estimate of drug-likeness (QED) is 0.784. The molecule has 0 bridgehead atoms. The van der Waals surface area contributed by atoms with Gasteiger partial charge in [-0.05, 0) is 37.0 Å². The molecule has 2 N–H and O–H groups in total. The predicted octanol–water partition coefficient (Wildman–Crippen LogP) is 3.43. The molecule has 2 aliphatic rings. The average molecular weight is 384 g/mol. The number of hydrogen-bond donors (Lipinski definition) is 2. The molecule has 134 valence electrons. The van der Waals surface area contributed by atoms with Crippen molar-refractivity contribution in [1.82, 2.24) is 10.2 Å². The molecule has 0 unspecified atom stereocenters. The minimum Gasteiger partial charge on any atom is -0.323 e. The Morgan fingerprint density at radius 1 is 1.36 bits per heavy atom. The summed E-state index contributed by atoms with van der Waals surface area (Å²) in [5.74, 6) is -0.779. The summed E-state index contributed by atoms with van der Waals surface area (Å²) >= 11 is 11.9. The lowest BCUT2D eigenvalue weighted by Crippen LogP contribution is -2.54. The highest BCUT2D eigenvalue weighted by atomic mass is 35.5. The van der Waals surface area contributed by atoms with Crippen molar-refractivity contribution in [2.45, 2.75) is 38.1 Å². The lowest BCUT2D eigenvalue weighted by molar-refractivity contribution is -0.136. The van der Waals surface area contributed by atoms with E-state index in [0.29, 0.717) is 22.2 Å². The number of carbonyl (C=O) groups is 3. The van der Waals surface area contributed by atoms with Crippen LogP contribution in [0, 0.1) is 5.92 Å². The summed E-state index contributed by atoms with van der Waals surface area (Å²) in [5, 5.41) is 6.16. The molecule has 1 aliphatic heterocycles. The van der Waals surface area contributed by atoms with Crippen LogP contribution in [0.3, 0.4) is 0 Å². The molecule has 2 fully saturated rings. The fourth-order valence-electron chi connectivity index (χ4n) is 3.57. The van der Waals surface area contributed by atoms with Crippen LogP contribution in [-0.2, 0) is 9.59 Å². The van der Waals surface area contributed by atoms with Gasteiger partial charge in [-0.25, -0.2) is 4.79 Å². The van der Waals surface area contributed by atoms with Crippen LogP contribution >= 0.6 is 23.2 Å². The maximum atomic E-state index is 12.8. The maximum absolute atomic E-state index is 12.8. The zero-order valence-electron chi connectivity index (χ0n) is 13.8. The first-order chi connectivity index (χ1) is 11.8. The first-order valence-electron chi connectivity index (χ1n) is 8.22. The van der Waals surface area contributed by atoms with Crippen molar-refractivity contribution in [3.63, 3.8) is 0 Å². The lowest BCUT2D eigenvalue weighted by Gasteiger charge is -2.36. The van der Waals surface area contributed by atoms with E-state index in [1.54, 1.807) is 12.1 Å². The molecule has 0 aromatic heterocycles. The van der Waals surface area contributed by atoms with E-state index in [2.05, 4.69) is 10.6 Å². The molecule has 3 rings (SSSR count). The second-order valence-electron chi connectivity index (χ2n) is 6.61. The number of urea groups is 1. The molecule has 1 aromatic carbocycles. The van der Waals surface area contributed by atoms with E-state index in [1.807, 2.05) is 6.92 Å². The topological polar surface area (TPSA) is 78.5 Å². The smallest absolute Gasteiger partial charge is 0.323 e. The first-order valence-corrected chi connectivity index (χ1v) is 8.98. The van der Waals surface area contributed by atoms with E-state index in [1.165, 1.54) is 6.07 Å². The molecule has 1 heterocycles. The summed E-state index contributed by atoms with van der Waals surface area (Å²) < 4.78 is 0. The third kappa shape index (κ3) is 3.33. The number of benzene rings is 1. The molecule has 4 amide bonds. The van der Waals surface area contributed by atoms with Crippen LogP contribution in [-0.4, -0.2) is 34.8 Å². The van der Waals surface area contributed by atoms with Crippen molar-refractivity contribution in [3.05, 3.63) is 28.2 Å². The van der Waals surface area contributed by atoms with Gasteiger partial charge < -0.3 is 10.6 Å². The summed E-state index contributed by atoms with van der Waals surface area (Å²) in [7, 11) is 0. The van der Waals surface area contributed by atoms with Crippen molar-refractivity contribution in [3.8, 4) is 0 Å². The van der Waals surface area contributed by atoms with Crippen molar-refractivity contribution < 1.29 is 14.4 Å². The third-order valence-corrected chi connectivity index (χ3v) is 5.57. The number of hydrogen-bond acceptors (Lipinski definition) is 3. The fraction of sp³-hybridized carbons (Fsp3) is 0.471. The van der Waals surface area contributed by atoms with Gasteiger partial charge in [0.15, 0.2) is 0 Å². The third-order valence-electron chi connectivity index (χ3n) is 5.01. The van der Waals surface area contributed by atoms with Gasteiger partial charge in [0.2, 0.25) is 5.91 Å². The Balaban J connectivity index is 1.72. The number of rotatable bonds is 3. The maximum Gasteiger partial charge on any atom is 0.325 e. The number of imide groups is 1. The number of nitrogens with zero attached hydrogens (tertiary/aromatic N) is 1. The number of carbonyl (C=O) groups excluding carboxylic acids is 3. The summed E-state index contributed by atoms with van der Waals surface area (Å²) in [6.45, 7) is 1.61. The zero-order chi connectivity index (χ0) is 18.2. The largest absolute Gasteiger partial charge is 0.325 e. The Hall–Kier alpha value is -1.79. The molecule has 2 atom stereocenters. The van der Waals surface area contributed by atoms with E-state index in [4.69, 9.17) is 23.2 Å².